The molecule has 5 rings (SSSR count). The number of hydrogen-bond donors (Lipinski definition) is 0. The number of likely N-dealkylation sites (tertiary alicyclic amines) is 2. The summed E-state index contributed by atoms with van der Waals surface area (Å²) in [6, 6.07) is 9.90. The summed E-state index contributed by atoms with van der Waals surface area (Å²) in [7, 11) is 2.04. The van der Waals surface area contributed by atoms with Gasteiger partial charge in [0.15, 0.2) is 0 Å². The van der Waals surface area contributed by atoms with E-state index < -0.39 is 37.2 Å². The topological polar surface area (TPSA) is 106 Å². The summed E-state index contributed by atoms with van der Waals surface area (Å²) in [5.41, 5.74) is 1.32. The molecule has 2 aliphatic heterocycles. The molecule has 256 valence electrons. The molecule has 1 aromatic heterocycles. The van der Waals surface area contributed by atoms with Gasteiger partial charge in [-0.15, -0.1) is 24.5 Å². The van der Waals surface area contributed by atoms with E-state index in [-0.39, 0.29) is 42.1 Å². The van der Waals surface area contributed by atoms with Crippen molar-refractivity contribution < 1.29 is 46.6 Å². The first-order valence-electron chi connectivity index (χ1n) is 16.0. The first kappa shape index (κ1) is 34.7. The van der Waals surface area contributed by atoms with Gasteiger partial charge in [-0.05, 0) is 89.1 Å². The number of carbonyl (C=O) groups is 4. The molecule has 1 atom stereocenters. The van der Waals surface area contributed by atoms with Gasteiger partial charge in [-0.2, -0.15) is 0 Å². The number of thiophene rings is 1. The SMILES string of the molecule is CC1CCC(C(=O)N(c2cc(-c3ccccc3)sc2C(=O)OCOC(=O)C2CCCN2C(=O)OC(F)(F)F)C2CCN(C)CC2)CC1. The third kappa shape index (κ3) is 8.64. The number of hydrogen-bond acceptors (Lipinski definition) is 9. The number of carbonyl (C=O) groups excluding carboxylic acids is 4. The molecule has 14 heteroatoms. The molecule has 47 heavy (non-hydrogen) atoms. The highest BCUT2D eigenvalue weighted by molar-refractivity contribution is 7.18. The Kier molecular flexibility index (Phi) is 11.1. The van der Waals surface area contributed by atoms with Gasteiger partial charge in [0.1, 0.15) is 10.9 Å². The van der Waals surface area contributed by atoms with Gasteiger partial charge in [0.05, 0.1) is 5.69 Å². The fourth-order valence-electron chi connectivity index (χ4n) is 6.59. The average Bonchev–Trinajstić information content (AvgIpc) is 3.71. The van der Waals surface area contributed by atoms with Gasteiger partial charge in [-0.3, -0.25) is 9.69 Å². The molecule has 1 aliphatic carbocycles. The van der Waals surface area contributed by atoms with Gasteiger partial charge in [-0.1, -0.05) is 37.3 Å². The van der Waals surface area contributed by atoms with Crippen LogP contribution in [0.2, 0.25) is 0 Å². The molecule has 1 unspecified atom stereocenters. The minimum Gasteiger partial charge on any atom is -0.426 e. The number of ether oxygens (including phenoxy) is 3. The Hall–Kier alpha value is -3.65. The van der Waals surface area contributed by atoms with Gasteiger partial charge >= 0.3 is 24.4 Å². The van der Waals surface area contributed by atoms with Crippen molar-refractivity contribution in [3.8, 4) is 10.4 Å². The van der Waals surface area contributed by atoms with Crippen molar-refractivity contribution in [1.82, 2.24) is 9.80 Å². The molecule has 0 spiro atoms. The molecule has 3 heterocycles. The first-order valence-corrected chi connectivity index (χ1v) is 16.8. The Bertz CT molecular complexity index is 1420. The number of alkyl halides is 3. The number of rotatable bonds is 8. The second kappa shape index (κ2) is 15.1. The summed E-state index contributed by atoms with van der Waals surface area (Å²) in [5.74, 6) is -1.42. The maximum atomic E-state index is 14.3. The van der Waals surface area contributed by atoms with Crippen molar-refractivity contribution in [2.24, 2.45) is 11.8 Å². The van der Waals surface area contributed by atoms with Crippen LogP contribution in [0.15, 0.2) is 36.4 Å². The van der Waals surface area contributed by atoms with Crippen molar-refractivity contribution >= 4 is 41.0 Å². The molecule has 2 amide bonds. The second-order valence-electron chi connectivity index (χ2n) is 12.6. The van der Waals surface area contributed by atoms with Crippen LogP contribution in [-0.4, -0.2) is 85.7 Å². The molecule has 0 N–H and O–H groups in total. The van der Waals surface area contributed by atoms with E-state index in [2.05, 4.69) is 16.6 Å². The van der Waals surface area contributed by atoms with E-state index in [0.29, 0.717) is 16.5 Å². The Morgan fingerprint density at radius 3 is 2.28 bits per heavy atom. The van der Waals surface area contributed by atoms with Gasteiger partial charge in [-0.25, -0.2) is 14.4 Å². The van der Waals surface area contributed by atoms with Gasteiger partial charge in [0.2, 0.25) is 12.7 Å². The lowest BCUT2D eigenvalue weighted by atomic mass is 9.82. The molecule has 2 saturated heterocycles. The maximum Gasteiger partial charge on any atom is 0.576 e. The number of piperidine rings is 1. The molecule has 3 aliphatic rings. The van der Waals surface area contributed by atoms with Gasteiger partial charge < -0.3 is 24.0 Å². The van der Waals surface area contributed by atoms with Crippen LogP contribution in [0.1, 0.15) is 68.0 Å². The summed E-state index contributed by atoms with van der Waals surface area (Å²) in [6.45, 7) is 2.86. The lowest BCUT2D eigenvalue weighted by Gasteiger charge is -2.40. The van der Waals surface area contributed by atoms with Crippen LogP contribution in [0.5, 0.6) is 0 Å². The Morgan fingerprint density at radius 2 is 1.62 bits per heavy atom. The quantitative estimate of drug-likeness (QED) is 0.232. The molecule has 1 saturated carbocycles. The van der Waals surface area contributed by atoms with E-state index >= 15 is 0 Å². The molecule has 2 aromatic rings. The largest absolute Gasteiger partial charge is 0.576 e. The molecular formula is C33H40F3N3O7S. The lowest BCUT2D eigenvalue weighted by molar-refractivity contribution is -0.295. The van der Waals surface area contributed by atoms with Crippen LogP contribution in [0.3, 0.4) is 0 Å². The van der Waals surface area contributed by atoms with Crippen LogP contribution >= 0.6 is 11.3 Å². The van der Waals surface area contributed by atoms with Crippen LogP contribution in [0.25, 0.3) is 10.4 Å². The highest BCUT2D eigenvalue weighted by Crippen LogP contribution is 2.41. The predicted octanol–water partition coefficient (Wildman–Crippen LogP) is 6.45. The van der Waals surface area contributed by atoms with Gasteiger partial charge in [0.25, 0.3) is 0 Å². The molecule has 10 nitrogen and oxygen atoms in total. The summed E-state index contributed by atoms with van der Waals surface area (Å²) >= 11 is 1.18. The number of benzene rings is 1. The number of esters is 2. The first-order chi connectivity index (χ1) is 22.4. The number of anilines is 1. The van der Waals surface area contributed by atoms with E-state index in [9.17, 15) is 32.3 Å². The van der Waals surface area contributed by atoms with Crippen molar-refractivity contribution in [1.29, 1.82) is 0 Å². The van der Waals surface area contributed by atoms with E-state index in [1.807, 2.05) is 48.3 Å². The third-order valence-electron chi connectivity index (χ3n) is 9.23. The minimum absolute atomic E-state index is 0.00332. The second-order valence-corrected chi connectivity index (χ2v) is 13.6. The summed E-state index contributed by atoms with van der Waals surface area (Å²) in [5, 5.41) is 0. The molecule has 0 bridgehead atoms. The highest BCUT2D eigenvalue weighted by Gasteiger charge is 2.42. The van der Waals surface area contributed by atoms with E-state index in [1.165, 1.54) is 11.3 Å². The smallest absolute Gasteiger partial charge is 0.426 e. The Labute approximate surface area is 275 Å². The number of halogens is 3. The number of nitrogens with zero attached hydrogens (tertiary/aromatic N) is 3. The zero-order chi connectivity index (χ0) is 33.7. The normalized spacial score (nSPS) is 22.5. The standard InChI is InChI=1S/C33H40F3N3O7S/c1-21-10-12-23(13-11-21)29(40)39(24-14-17-37(2)18-15-24)26-19-27(22-7-4-3-5-8-22)47-28(26)31(42)45-20-44-30(41)25-9-6-16-38(25)32(43)46-33(34,35)36/h3-5,7-8,19,21,23-25H,6,9-18,20H2,1-2H3. The monoisotopic (exact) mass is 679 g/mol. The van der Waals surface area contributed by atoms with Crippen LogP contribution in [0.4, 0.5) is 23.7 Å². The molecular weight excluding hydrogens is 639 g/mol. The Morgan fingerprint density at radius 1 is 0.936 bits per heavy atom. The summed E-state index contributed by atoms with van der Waals surface area (Å²) in [4.78, 5) is 58.3. The van der Waals surface area contributed by atoms with E-state index in [4.69, 9.17) is 9.47 Å². The molecule has 0 radical (unpaired) electrons. The van der Waals surface area contributed by atoms with Crippen LogP contribution < -0.4 is 4.90 Å². The van der Waals surface area contributed by atoms with Crippen molar-refractivity contribution in [3.05, 3.63) is 41.3 Å². The van der Waals surface area contributed by atoms with Gasteiger partial charge in [0, 0.05) is 23.4 Å². The van der Waals surface area contributed by atoms with Crippen molar-refractivity contribution in [2.75, 3.05) is 38.4 Å². The zero-order valence-electron chi connectivity index (χ0n) is 26.5. The highest BCUT2D eigenvalue weighted by atomic mass is 32.1. The molecule has 3 fully saturated rings. The van der Waals surface area contributed by atoms with Crippen LogP contribution in [0, 0.1) is 11.8 Å². The third-order valence-corrected chi connectivity index (χ3v) is 10.4. The zero-order valence-corrected chi connectivity index (χ0v) is 27.3. The molecule has 1 aromatic carbocycles. The minimum atomic E-state index is -5.20. The lowest BCUT2D eigenvalue weighted by Crippen LogP contribution is -2.49. The summed E-state index contributed by atoms with van der Waals surface area (Å²) in [6.07, 6.45) is -1.59. The fraction of sp³-hybridized carbons (Fsp3) is 0.576. The van der Waals surface area contributed by atoms with E-state index in [0.717, 1.165) is 62.1 Å². The predicted molar refractivity (Wildman–Crippen MR) is 168 cm³/mol. The average molecular weight is 680 g/mol. The van der Waals surface area contributed by atoms with Crippen molar-refractivity contribution in [2.45, 2.75) is 76.7 Å². The number of amides is 2. The maximum absolute atomic E-state index is 14.3. The summed E-state index contributed by atoms with van der Waals surface area (Å²) < 4.78 is 51.7. The Balaban J connectivity index is 1.36. The van der Waals surface area contributed by atoms with Crippen LogP contribution in [-0.2, 0) is 23.8 Å². The fourth-order valence-corrected chi connectivity index (χ4v) is 7.64. The van der Waals surface area contributed by atoms with Crippen molar-refractivity contribution in [3.63, 3.8) is 0 Å². The van der Waals surface area contributed by atoms with E-state index in [1.54, 1.807) is 0 Å².